The van der Waals surface area contributed by atoms with Gasteiger partial charge in [0.15, 0.2) is 0 Å². The van der Waals surface area contributed by atoms with E-state index in [1.807, 2.05) is 30.3 Å². The lowest BCUT2D eigenvalue weighted by molar-refractivity contribution is -0.145. The van der Waals surface area contributed by atoms with Crippen LogP contribution in [0.15, 0.2) is 54.6 Å². The van der Waals surface area contributed by atoms with Crippen molar-refractivity contribution in [1.29, 1.82) is 0 Å². The topological polar surface area (TPSA) is 66.8 Å². The molecule has 1 aliphatic rings. The van der Waals surface area contributed by atoms with Crippen LogP contribution in [0.25, 0.3) is 0 Å². The van der Waals surface area contributed by atoms with Crippen molar-refractivity contribution in [2.45, 2.75) is 12.5 Å². The van der Waals surface area contributed by atoms with E-state index in [2.05, 4.69) is 0 Å². The molecule has 1 N–H and O–H groups in total. The first-order chi connectivity index (χ1) is 10.6. The van der Waals surface area contributed by atoms with Crippen LogP contribution in [0, 0.1) is 0 Å². The van der Waals surface area contributed by atoms with Gasteiger partial charge in [0.1, 0.15) is 5.75 Å². The summed E-state index contributed by atoms with van der Waals surface area (Å²) in [5.74, 6) is -0.803. The Hall–Kier alpha value is -2.82. The van der Waals surface area contributed by atoms with E-state index in [9.17, 15) is 14.7 Å². The second-order valence-electron chi connectivity index (χ2n) is 5.08. The molecule has 22 heavy (non-hydrogen) atoms. The Morgan fingerprint density at radius 3 is 2.50 bits per heavy atom. The fraction of sp³-hybridized carbons (Fsp3) is 0.176. The molecule has 112 valence electrons. The summed E-state index contributed by atoms with van der Waals surface area (Å²) in [7, 11) is 0. The minimum absolute atomic E-state index is 0.0119. The smallest absolute Gasteiger partial charge is 0.346 e. The highest BCUT2D eigenvalue weighted by molar-refractivity contribution is 5.97. The third-order valence-corrected chi connectivity index (χ3v) is 3.55. The average Bonchev–Trinajstić information content (AvgIpc) is 2.54. The van der Waals surface area contributed by atoms with E-state index < -0.39 is 12.1 Å². The number of carboxylic acids is 1. The number of amides is 1. The maximum absolute atomic E-state index is 12.6. The lowest BCUT2D eigenvalue weighted by Gasteiger charge is -2.33. The van der Waals surface area contributed by atoms with Crippen LogP contribution in [-0.2, 0) is 16.0 Å². The number of aliphatic carboxylic acids is 1. The highest BCUT2D eigenvalue weighted by Crippen LogP contribution is 2.33. The fourth-order valence-corrected chi connectivity index (χ4v) is 2.47. The minimum atomic E-state index is -1.08. The molecule has 0 aromatic heterocycles. The number of benzene rings is 2. The molecule has 0 aliphatic carbocycles. The zero-order chi connectivity index (χ0) is 15.5. The normalized spacial score (nSPS) is 16.5. The summed E-state index contributed by atoms with van der Waals surface area (Å²) < 4.78 is 5.43. The van der Waals surface area contributed by atoms with E-state index >= 15 is 0 Å². The summed E-state index contributed by atoms with van der Waals surface area (Å²) in [5.41, 5.74) is 1.50. The number of carbonyl (C=O) groups excluding carboxylic acids is 1. The highest BCUT2D eigenvalue weighted by Gasteiger charge is 2.33. The summed E-state index contributed by atoms with van der Waals surface area (Å²) >= 11 is 0. The van der Waals surface area contributed by atoms with Gasteiger partial charge in [-0.2, -0.15) is 0 Å². The standard InChI is InChI=1S/C17H15NO4/c19-16(10-12-6-2-1-3-7-12)18-11-15(17(20)21)22-14-9-5-4-8-13(14)18/h1-9,15H,10-11H2,(H,20,21)/t15-/m1/s1. The van der Waals surface area contributed by atoms with Crippen LogP contribution in [-0.4, -0.2) is 29.6 Å². The maximum Gasteiger partial charge on any atom is 0.346 e. The van der Waals surface area contributed by atoms with Gasteiger partial charge < -0.3 is 14.7 Å². The van der Waals surface area contributed by atoms with Crippen LogP contribution in [0.3, 0.4) is 0 Å². The molecule has 1 heterocycles. The van der Waals surface area contributed by atoms with Crippen molar-refractivity contribution >= 4 is 17.6 Å². The first kappa shape index (κ1) is 14.1. The number of para-hydroxylation sites is 2. The van der Waals surface area contributed by atoms with E-state index in [0.29, 0.717) is 11.4 Å². The van der Waals surface area contributed by atoms with Gasteiger partial charge in [0.25, 0.3) is 0 Å². The van der Waals surface area contributed by atoms with Crippen molar-refractivity contribution in [1.82, 2.24) is 0 Å². The molecule has 0 saturated heterocycles. The first-order valence-electron chi connectivity index (χ1n) is 6.98. The van der Waals surface area contributed by atoms with Crippen molar-refractivity contribution in [2.75, 3.05) is 11.4 Å². The molecule has 0 bridgehead atoms. The Labute approximate surface area is 127 Å². The van der Waals surface area contributed by atoms with Crippen molar-refractivity contribution < 1.29 is 19.4 Å². The molecule has 0 unspecified atom stereocenters. The molecular weight excluding hydrogens is 282 g/mol. The van der Waals surface area contributed by atoms with Gasteiger partial charge in [-0.05, 0) is 17.7 Å². The Morgan fingerprint density at radius 1 is 1.09 bits per heavy atom. The predicted octanol–water partition coefficient (Wildman–Crippen LogP) is 2.11. The molecule has 1 aliphatic heterocycles. The third-order valence-electron chi connectivity index (χ3n) is 3.55. The van der Waals surface area contributed by atoms with Gasteiger partial charge in [-0.3, -0.25) is 4.79 Å². The molecule has 0 saturated carbocycles. The molecule has 2 aromatic carbocycles. The number of nitrogens with zero attached hydrogens (tertiary/aromatic N) is 1. The summed E-state index contributed by atoms with van der Waals surface area (Å²) in [5, 5.41) is 9.19. The zero-order valence-electron chi connectivity index (χ0n) is 11.8. The van der Waals surface area contributed by atoms with E-state index in [4.69, 9.17) is 4.74 Å². The van der Waals surface area contributed by atoms with Crippen LogP contribution in [0.1, 0.15) is 5.56 Å². The van der Waals surface area contributed by atoms with Gasteiger partial charge in [0.05, 0.1) is 18.7 Å². The molecule has 3 rings (SSSR count). The second-order valence-corrected chi connectivity index (χ2v) is 5.08. The molecule has 0 spiro atoms. The van der Waals surface area contributed by atoms with Gasteiger partial charge in [-0.1, -0.05) is 42.5 Å². The number of carbonyl (C=O) groups is 2. The van der Waals surface area contributed by atoms with Crippen LogP contribution in [0.4, 0.5) is 5.69 Å². The largest absolute Gasteiger partial charge is 0.478 e. The SMILES string of the molecule is O=C(O)[C@H]1CN(C(=O)Cc2ccccc2)c2ccccc2O1. The van der Waals surface area contributed by atoms with Gasteiger partial charge in [-0.15, -0.1) is 0 Å². The molecule has 5 nitrogen and oxygen atoms in total. The quantitative estimate of drug-likeness (QED) is 0.942. The number of ether oxygens (including phenoxy) is 1. The van der Waals surface area contributed by atoms with E-state index in [-0.39, 0.29) is 18.9 Å². The monoisotopic (exact) mass is 297 g/mol. The lowest BCUT2D eigenvalue weighted by atomic mass is 10.1. The van der Waals surface area contributed by atoms with Gasteiger partial charge in [-0.25, -0.2) is 4.79 Å². The van der Waals surface area contributed by atoms with E-state index in [0.717, 1.165) is 5.56 Å². The highest BCUT2D eigenvalue weighted by atomic mass is 16.5. The number of anilines is 1. The van der Waals surface area contributed by atoms with Crippen LogP contribution in [0.2, 0.25) is 0 Å². The van der Waals surface area contributed by atoms with Crippen LogP contribution >= 0.6 is 0 Å². The van der Waals surface area contributed by atoms with Crippen LogP contribution < -0.4 is 9.64 Å². The first-order valence-corrected chi connectivity index (χ1v) is 6.98. The van der Waals surface area contributed by atoms with Crippen molar-refractivity contribution in [3.05, 3.63) is 60.2 Å². The van der Waals surface area contributed by atoms with Gasteiger partial charge >= 0.3 is 5.97 Å². The Morgan fingerprint density at radius 2 is 1.77 bits per heavy atom. The number of carboxylic acid groups (broad SMARTS) is 1. The third kappa shape index (κ3) is 2.79. The number of hydrogen-bond donors (Lipinski definition) is 1. The average molecular weight is 297 g/mol. The minimum Gasteiger partial charge on any atom is -0.478 e. The number of fused-ring (bicyclic) bond motifs is 1. The fourth-order valence-electron chi connectivity index (χ4n) is 2.47. The molecule has 0 radical (unpaired) electrons. The molecule has 1 atom stereocenters. The zero-order valence-corrected chi connectivity index (χ0v) is 11.8. The summed E-state index contributed by atoms with van der Waals surface area (Å²) in [6.07, 6.45) is -0.823. The summed E-state index contributed by atoms with van der Waals surface area (Å²) in [6, 6.07) is 16.4. The summed E-state index contributed by atoms with van der Waals surface area (Å²) in [6.45, 7) is 0.0119. The molecule has 1 amide bonds. The number of rotatable bonds is 3. The summed E-state index contributed by atoms with van der Waals surface area (Å²) in [4.78, 5) is 25.3. The lowest BCUT2D eigenvalue weighted by Crippen LogP contribution is -2.47. The molecule has 2 aromatic rings. The van der Waals surface area contributed by atoms with Gasteiger partial charge in [0, 0.05) is 0 Å². The van der Waals surface area contributed by atoms with E-state index in [1.165, 1.54) is 4.90 Å². The van der Waals surface area contributed by atoms with Crippen LogP contribution in [0.5, 0.6) is 5.75 Å². The maximum atomic E-state index is 12.6. The Kier molecular flexibility index (Phi) is 3.78. The molecule has 0 fully saturated rings. The Bertz CT molecular complexity index is 699. The number of hydrogen-bond acceptors (Lipinski definition) is 3. The predicted molar refractivity (Wildman–Crippen MR) is 81.0 cm³/mol. The van der Waals surface area contributed by atoms with Crippen molar-refractivity contribution in [3.8, 4) is 5.75 Å². The molecular formula is C17H15NO4. The van der Waals surface area contributed by atoms with Crippen molar-refractivity contribution in [3.63, 3.8) is 0 Å². The molecule has 5 heteroatoms. The Balaban J connectivity index is 1.88. The second kappa shape index (κ2) is 5.89. The van der Waals surface area contributed by atoms with Gasteiger partial charge in [0.2, 0.25) is 12.0 Å². The van der Waals surface area contributed by atoms with E-state index in [1.54, 1.807) is 24.3 Å². The van der Waals surface area contributed by atoms with Crippen molar-refractivity contribution in [2.24, 2.45) is 0 Å².